The van der Waals surface area contributed by atoms with E-state index in [1.165, 1.54) is 43.0 Å². The van der Waals surface area contributed by atoms with Gasteiger partial charge in [0, 0.05) is 57.0 Å². The SMILES string of the molecule is CC(=O)SCc1ccc(-c2c3nc(c(-c4ccc(C(F)(F)F)cc4)c4ccc([nH]4)c(-c4ccc(C)cc4)c4nc(c(-c5ccc(C(F)(F)F)cc5)c5ccc2[nH]5)C=C4)C=C3)cc1. The van der Waals surface area contributed by atoms with E-state index in [1.807, 2.05) is 104 Å². The molecular formula is C50H34F6N4OS. The molecule has 0 aliphatic carbocycles. The number of aromatic amines is 2. The first-order valence-corrected chi connectivity index (χ1v) is 20.5. The topological polar surface area (TPSA) is 74.4 Å². The second-order valence-corrected chi connectivity index (χ2v) is 16.1. The fourth-order valence-corrected chi connectivity index (χ4v) is 8.31. The highest BCUT2D eigenvalue weighted by atomic mass is 32.2. The maximum absolute atomic E-state index is 13.8. The van der Waals surface area contributed by atoms with Crippen LogP contribution in [-0.4, -0.2) is 25.1 Å². The van der Waals surface area contributed by atoms with Gasteiger partial charge in [-0.25, -0.2) is 9.97 Å². The van der Waals surface area contributed by atoms with E-state index in [4.69, 9.17) is 9.97 Å². The van der Waals surface area contributed by atoms with Gasteiger partial charge in [0.05, 0.1) is 33.9 Å². The van der Waals surface area contributed by atoms with E-state index in [0.717, 1.165) is 52.1 Å². The molecule has 0 unspecified atom stereocenters. The molecule has 62 heavy (non-hydrogen) atoms. The molecule has 0 fully saturated rings. The highest BCUT2D eigenvalue weighted by molar-refractivity contribution is 8.12. The smallest absolute Gasteiger partial charge is 0.354 e. The van der Waals surface area contributed by atoms with Crippen LogP contribution in [0.15, 0.2) is 121 Å². The van der Waals surface area contributed by atoms with Crippen LogP contribution >= 0.6 is 11.8 Å². The van der Waals surface area contributed by atoms with Crippen molar-refractivity contribution in [3.63, 3.8) is 0 Å². The maximum Gasteiger partial charge on any atom is 0.416 e. The van der Waals surface area contributed by atoms with E-state index < -0.39 is 23.5 Å². The van der Waals surface area contributed by atoms with Gasteiger partial charge >= 0.3 is 12.4 Å². The predicted molar refractivity (Wildman–Crippen MR) is 237 cm³/mol. The van der Waals surface area contributed by atoms with Crippen LogP contribution in [0, 0.1) is 6.92 Å². The third-order valence-electron chi connectivity index (χ3n) is 10.8. The van der Waals surface area contributed by atoms with Gasteiger partial charge in [0.2, 0.25) is 0 Å². The number of carbonyl (C=O) groups is 1. The molecule has 0 radical (unpaired) electrons. The Morgan fingerprint density at radius 3 is 1.10 bits per heavy atom. The highest BCUT2D eigenvalue weighted by Crippen LogP contribution is 2.40. The summed E-state index contributed by atoms with van der Waals surface area (Å²) in [5.41, 5.74) is 10.3. The fourth-order valence-electron chi connectivity index (χ4n) is 7.74. The number of nitrogens with one attached hydrogen (secondary N) is 2. The van der Waals surface area contributed by atoms with E-state index in [2.05, 4.69) is 9.97 Å². The van der Waals surface area contributed by atoms with Crippen LogP contribution in [0.4, 0.5) is 26.3 Å². The Morgan fingerprint density at radius 1 is 0.484 bits per heavy atom. The third-order valence-corrected chi connectivity index (χ3v) is 11.7. The van der Waals surface area contributed by atoms with Crippen molar-refractivity contribution in [2.45, 2.75) is 32.0 Å². The number of carbonyl (C=O) groups excluding carboxylic acids is 1. The van der Waals surface area contributed by atoms with Gasteiger partial charge in [-0.2, -0.15) is 26.3 Å². The summed E-state index contributed by atoms with van der Waals surface area (Å²) >= 11 is 1.20. The van der Waals surface area contributed by atoms with Crippen molar-refractivity contribution in [1.82, 2.24) is 19.9 Å². The van der Waals surface area contributed by atoms with Crippen molar-refractivity contribution < 1.29 is 31.1 Å². The van der Waals surface area contributed by atoms with Gasteiger partial charge in [-0.15, -0.1) is 0 Å². The number of aromatic nitrogens is 4. The molecule has 8 bridgehead atoms. The molecule has 0 amide bonds. The average Bonchev–Trinajstić information content (AvgIpc) is 4.09. The monoisotopic (exact) mass is 852 g/mol. The lowest BCUT2D eigenvalue weighted by Crippen LogP contribution is -2.04. The van der Waals surface area contributed by atoms with E-state index in [0.29, 0.717) is 78.4 Å². The summed E-state index contributed by atoms with van der Waals surface area (Å²) in [5, 5.41) is -0.00138. The summed E-state index contributed by atoms with van der Waals surface area (Å²) in [6.07, 6.45) is -1.66. The van der Waals surface area contributed by atoms with Crippen molar-refractivity contribution in [2.24, 2.45) is 0 Å². The molecule has 0 atom stereocenters. The molecular weight excluding hydrogens is 819 g/mol. The molecule has 4 aromatic carbocycles. The Labute approximate surface area is 356 Å². The minimum absolute atomic E-state index is 0.00138. The largest absolute Gasteiger partial charge is 0.416 e. The lowest BCUT2D eigenvalue weighted by atomic mass is 10.0. The van der Waals surface area contributed by atoms with Gasteiger partial charge in [-0.1, -0.05) is 90.1 Å². The molecule has 2 aliphatic heterocycles. The molecule has 9 rings (SSSR count). The molecule has 3 aromatic heterocycles. The lowest BCUT2D eigenvalue weighted by Gasteiger charge is -2.09. The van der Waals surface area contributed by atoms with E-state index in [9.17, 15) is 31.1 Å². The minimum atomic E-state index is -4.53. The van der Waals surface area contributed by atoms with Gasteiger partial charge in [0.15, 0.2) is 5.12 Å². The van der Waals surface area contributed by atoms with Gasteiger partial charge in [-0.3, -0.25) is 4.79 Å². The summed E-state index contributed by atoms with van der Waals surface area (Å²) < 4.78 is 82.7. The number of nitrogens with zero attached hydrogens (tertiary/aromatic N) is 2. The summed E-state index contributed by atoms with van der Waals surface area (Å²) in [6, 6.07) is 33.2. The number of aryl methyl sites for hydroxylation is 1. The van der Waals surface area contributed by atoms with Crippen molar-refractivity contribution >= 4 is 63.2 Å². The zero-order valence-corrected chi connectivity index (χ0v) is 33.9. The van der Waals surface area contributed by atoms with Gasteiger partial charge < -0.3 is 9.97 Å². The van der Waals surface area contributed by atoms with Crippen LogP contribution < -0.4 is 0 Å². The van der Waals surface area contributed by atoms with Crippen LogP contribution in [0.2, 0.25) is 0 Å². The summed E-state index contributed by atoms with van der Waals surface area (Å²) in [4.78, 5) is 29.2. The Bertz CT molecular complexity index is 3050. The molecule has 0 saturated heterocycles. The Morgan fingerprint density at radius 2 is 0.790 bits per heavy atom. The molecule has 5 nitrogen and oxygen atoms in total. The van der Waals surface area contributed by atoms with Gasteiger partial charge in [0.25, 0.3) is 0 Å². The number of thioether (sulfide) groups is 1. The average molecular weight is 853 g/mol. The lowest BCUT2D eigenvalue weighted by molar-refractivity contribution is -0.138. The van der Waals surface area contributed by atoms with Gasteiger partial charge in [-0.05, 0) is 108 Å². The second kappa shape index (κ2) is 15.8. The van der Waals surface area contributed by atoms with E-state index >= 15 is 0 Å². The number of hydrogen-bond donors (Lipinski definition) is 2. The fraction of sp³-hybridized carbons (Fsp3) is 0.100. The number of benzene rings is 4. The summed E-state index contributed by atoms with van der Waals surface area (Å²) in [6.45, 7) is 3.50. The number of hydrogen-bond acceptors (Lipinski definition) is 4. The highest BCUT2D eigenvalue weighted by Gasteiger charge is 2.31. The van der Waals surface area contributed by atoms with E-state index in [-0.39, 0.29) is 5.12 Å². The van der Waals surface area contributed by atoms with Crippen LogP contribution in [0.5, 0.6) is 0 Å². The van der Waals surface area contributed by atoms with E-state index in [1.54, 1.807) is 0 Å². The van der Waals surface area contributed by atoms with Gasteiger partial charge in [0.1, 0.15) is 0 Å². The summed E-state index contributed by atoms with van der Waals surface area (Å²) in [5.74, 6) is 0.489. The van der Waals surface area contributed by atoms with Crippen molar-refractivity contribution in [2.75, 3.05) is 0 Å². The Kier molecular flexibility index (Phi) is 10.3. The zero-order valence-electron chi connectivity index (χ0n) is 33.0. The first-order chi connectivity index (χ1) is 29.7. The van der Waals surface area contributed by atoms with Crippen molar-refractivity contribution in [1.29, 1.82) is 0 Å². The molecule has 2 N–H and O–H groups in total. The molecule has 308 valence electrons. The molecule has 0 spiro atoms. The molecule has 12 heteroatoms. The Balaban J connectivity index is 1.40. The quantitative estimate of drug-likeness (QED) is 0.163. The van der Waals surface area contributed by atoms with Crippen molar-refractivity contribution in [3.05, 3.63) is 166 Å². The normalized spacial score (nSPS) is 12.6. The third kappa shape index (κ3) is 8.01. The first kappa shape index (κ1) is 40.5. The number of rotatable bonds is 6. The molecule has 2 aliphatic rings. The first-order valence-electron chi connectivity index (χ1n) is 19.5. The number of H-pyrrole nitrogens is 2. The molecule has 7 aromatic rings. The zero-order chi connectivity index (χ0) is 43.3. The van der Waals surface area contributed by atoms with Crippen LogP contribution in [-0.2, 0) is 22.9 Å². The summed E-state index contributed by atoms with van der Waals surface area (Å²) in [7, 11) is 0. The van der Waals surface area contributed by atoms with Crippen LogP contribution in [0.3, 0.4) is 0 Å². The maximum atomic E-state index is 13.8. The molecule has 5 heterocycles. The van der Waals surface area contributed by atoms with Crippen LogP contribution in [0.25, 0.3) is 90.9 Å². The number of fused-ring (bicyclic) bond motifs is 8. The molecule has 0 saturated carbocycles. The van der Waals surface area contributed by atoms with Crippen molar-refractivity contribution in [3.8, 4) is 44.5 Å². The standard InChI is InChI=1S/C50H34F6N4OS/c1-28-3-7-31(8-4-28)45-37-19-23-41(57-37)47(33-11-15-35(16-12-33)49(51,52)53)43-25-21-39(59-43)46(32-9-5-30(6-10-32)27-62-29(2)61)40-22-26-44(60-40)48(42-24-20-38(45)58-42)34-13-17-36(18-14-34)50(54,55)56/h3-26,57,60H,27H2,1-2H3. The van der Waals surface area contributed by atoms with Crippen LogP contribution in [0.1, 0.15) is 52.0 Å². The second-order valence-electron chi connectivity index (χ2n) is 15.0. The Hall–Kier alpha value is -6.92. The predicted octanol–water partition coefficient (Wildman–Crippen LogP) is 14.4. The number of halogens is 6. The number of alkyl halides is 6. The minimum Gasteiger partial charge on any atom is -0.354 e.